The predicted octanol–water partition coefficient (Wildman–Crippen LogP) is 4.75. The summed E-state index contributed by atoms with van der Waals surface area (Å²) >= 11 is 5.87. The maximum atomic E-state index is 12.6. The predicted molar refractivity (Wildman–Crippen MR) is 72.6 cm³/mol. The van der Waals surface area contributed by atoms with Crippen molar-refractivity contribution in [2.75, 3.05) is 0 Å². The van der Waals surface area contributed by atoms with Gasteiger partial charge in [-0.1, -0.05) is 11.6 Å². The number of alkyl halides is 3. The highest BCUT2D eigenvalue weighted by Crippen LogP contribution is 2.32. The molecule has 110 valence electrons. The van der Waals surface area contributed by atoms with Crippen LogP contribution in [0.2, 0.25) is 5.02 Å². The van der Waals surface area contributed by atoms with Gasteiger partial charge in [0.2, 0.25) is 0 Å². The highest BCUT2D eigenvalue weighted by atomic mass is 35.5. The van der Waals surface area contributed by atoms with Gasteiger partial charge in [0.15, 0.2) is 0 Å². The second-order valence-corrected chi connectivity index (χ2v) is 4.69. The van der Waals surface area contributed by atoms with Crippen LogP contribution in [0.3, 0.4) is 0 Å². The van der Waals surface area contributed by atoms with Crippen LogP contribution in [0.15, 0.2) is 42.5 Å². The molecular formula is C15H10ClF3O2. The van der Waals surface area contributed by atoms with E-state index >= 15 is 0 Å². The number of halogens is 4. The number of rotatable bonds is 4. The summed E-state index contributed by atoms with van der Waals surface area (Å²) < 4.78 is 43.3. The summed E-state index contributed by atoms with van der Waals surface area (Å²) in [6, 6.07) is 9.30. The van der Waals surface area contributed by atoms with E-state index in [0.29, 0.717) is 17.6 Å². The molecule has 0 amide bonds. The molecule has 0 radical (unpaired) electrons. The van der Waals surface area contributed by atoms with Gasteiger partial charge >= 0.3 is 6.18 Å². The van der Waals surface area contributed by atoms with Gasteiger partial charge in [-0.05, 0) is 42.5 Å². The van der Waals surface area contributed by atoms with Crippen molar-refractivity contribution in [1.82, 2.24) is 0 Å². The lowest BCUT2D eigenvalue weighted by atomic mass is 10.1. The standard InChI is InChI=1S/C15H10ClF3O2/c16-14-6-3-12(15(17,18)19)7-11(14)9-21-13-4-1-10(8-20)2-5-13/h1-8H,9H2. The smallest absolute Gasteiger partial charge is 0.416 e. The summed E-state index contributed by atoms with van der Waals surface area (Å²) in [5.74, 6) is 0.439. The normalized spacial score (nSPS) is 11.2. The third kappa shape index (κ3) is 3.98. The molecule has 0 fully saturated rings. The Bertz CT molecular complexity index is 636. The lowest BCUT2D eigenvalue weighted by molar-refractivity contribution is -0.137. The molecule has 0 saturated heterocycles. The van der Waals surface area contributed by atoms with Crippen molar-refractivity contribution < 1.29 is 22.7 Å². The summed E-state index contributed by atoms with van der Waals surface area (Å²) in [6.45, 7) is -0.0941. The summed E-state index contributed by atoms with van der Waals surface area (Å²) in [7, 11) is 0. The molecule has 0 aliphatic heterocycles. The fourth-order valence-electron chi connectivity index (χ4n) is 1.67. The van der Waals surface area contributed by atoms with Crippen LogP contribution >= 0.6 is 11.6 Å². The Morgan fingerprint density at radius 1 is 1.10 bits per heavy atom. The van der Waals surface area contributed by atoms with E-state index < -0.39 is 11.7 Å². The van der Waals surface area contributed by atoms with Crippen LogP contribution in [-0.2, 0) is 12.8 Å². The van der Waals surface area contributed by atoms with Gasteiger partial charge < -0.3 is 4.74 Å². The van der Waals surface area contributed by atoms with Crippen molar-refractivity contribution in [3.63, 3.8) is 0 Å². The van der Waals surface area contributed by atoms with Crippen molar-refractivity contribution in [2.24, 2.45) is 0 Å². The molecule has 21 heavy (non-hydrogen) atoms. The Balaban J connectivity index is 2.13. The third-order valence-electron chi connectivity index (χ3n) is 2.78. The minimum Gasteiger partial charge on any atom is -0.489 e. The number of hydrogen-bond donors (Lipinski definition) is 0. The van der Waals surface area contributed by atoms with Gasteiger partial charge in [-0.15, -0.1) is 0 Å². The zero-order valence-electron chi connectivity index (χ0n) is 10.7. The first kappa shape index (κ1) is 15.4. The third-order valence-corrected chi connectivity index (χ3v) is 3.15. The van der Waals surface area contributed by atoms with Gasteiger partial charge in [0.25, 0.3) is 0 Å². The molecule has 2 nitrogen and oxygen atoms in total. The van der Waals surface area contributed by atoms with E-state index in [-0.39, 0.29) is 17.2 Å². The zero-order chi connectivity index (χ0) is 15.5. The van der Waals surface area contributed by atoms with Crippen LogP contribution < -0.4 is 4.74 Å². The number of aldehydes is 1. The molecule has 2 aromatic rings. The van der Waals surface area contributed by atoms with Gasteiger partial charge in [0.05, 0.1) is 5.56 Å². The van der Waals surface area contributed by atoms with Crippen molar-refractivity contribution >= 4 is 17.9 Å². The lowest BCUT2D eigenvalue weighted by Gasteiger charge is -2.11. The Morgan fingerprint density at radius 2 is 1.76 bits per heavy atom. The molecule has 0 atom stereocenters. The monoisotopic (exact) mass is 314 g/mol. The maximum absolute atomic E-state index is 12.6. The van der Waals surface area contributed by atoms with Gasteiger partial charge in [-0.2, -0.15) is 13.2 Å². The molecule has 0 bridgehead atoms. The molecule has 0 N–H and O–H groups in total. The highest BCUT2D eigenvalue weighted by molar-refractivity contribution is 6.31. The van der Waals surface area contributed by atoms with Crippen LogP contribution in [0.5, 0.6) is 5.75 Å². The molecule has 0 spiro atoms. The summed E-state index contributed by atoms with van der Waals surface area (Å²) in [4.78, 5) is 10.5. The Hall–Kier alpha value is -2.01. The van der Waals surface area contributed by atoms with Gasteiger partial charge in [-0.3, -0.25) is 4.79 Å². The van der Waals surface area contributed by atoms with Crippen molar-refractivity contribution in [2.45, 2.75) is 12.8 Å². The average molecular weight is 315 g/mol. The summed E-state index contributed by atoms with van der Waals surface area (Å²) in [5.41, 5.74) is -0.0489. The molecule has 0 heterocycles. The van der Waals surface area contributed by atoms with Gasteiger partial charge in [0, 0.05) is 16.1 Å². The molecule has 0 aliphatic rings. The second-order valence-electron chi connectivity index (χ2n) is 4.28. The van der Waals surface area contributed by atoms with E-state index in [0.717, 1.165) is 12.1 Å². The topological polar surface area (TPSA) is 26.3 Å². The number of carbonyl (C=O) groups is 1. The fourth-order valence-corrected chi connectivity index (χ4v) is 1.84. The summed E-state index contributed by atoms with van der Waals surface area (Å²) in [5, 5.41) is 0.201. The van der Waals surface area contributed by atoms with Crippen LogP contribution in [0.4, 0.5) is 13.2 Å². The molecule has 0 aromatic heterocycles. The first-order valence-corrected chi connectivity index (χ1v) is 6.31. The molecule has 6 heteroatoms. The average Bonchev–Trinajstić information content (AvgIpc) is 2.45. The van der Waals surface area contributed by atoms with Crippen molar-refractivity contribution in [3.8, 4) is 5.75 Å². The number of ether oxygens (including phenoxy) is 1. The van der Waals surface area contributed by atoms with E-state index in [1.807, 2.05) is 0 Å². The first-order chi connectivity index (χ1) is 9.90. The van der Waals surface area contributed by atoms with E-state index in [1.165, 1.54) is 6.07 Å². The Labute approximate surface area is 124 Å². The largest absolute Gasteiger partial charge is 0.489 e. The second kappa shape index (κ2) is 6.18. The molecule has 2 rings (SSSR count). The molecule has 2 aromatic carbocycles. The maximum Gasteiger partial charge on any atom is 0.416 e. The van der Waals surface area contributed by atoms with E-state index in [1.54, 1.807) is 24.3 Å². The fraction of sp³-hybridized carbons (Fsp3) is 0.133. The van der Waals surface area contributed by atoms with Crippen LogP contribution in [0.25, 0.3) is 0 Å². The van der Waals surface area contributed by atoms with Crippen molar-refractivity contribution in [1.29, 1.82) is 0 Å². The summed E-state index contributed by atoms with van der Waals surface area (Å²) in [6.07, 6.45) is -3.74. The number of benzene rings is 2. The lowest BCUT2D eigenvalue weighted by Crippen LogP contribution is -2.06. The SMILES string of the molecule is O=Cc1ccc(OCc2cc(C(F)(F)F)ccc2Cl)cc1. The number of hydrogen-bond acceptors (Lipinski definition) is 2. The number of carbonyl (C=O) groups excluding carboxylic acids is 1. The minimum atomic E-state index is -4.43. The van der Waals surface area contributed by atoms with Gasteiger partial charge in [-0.25, -0.2) is 0 Å². The van der Waals surface area contributed by atoms with E-state index in [9.17, 15) is 18.0 Å². The van der Waals surface area contributed by atoms with Gasteiger partial charge in [0.1, 0.15) is 18.6 Å². The van der Waals surface area contributed by atoms with Crippen LogP contribution in [-0.4, -0.2) is 6.29 Å². The Morgan fingerprint density at radius 3 is 2.33 bits per heavy atom. The highest BCUT2D eigenvalue weighted by Gasteiger charge is 2.30. The molecule has 0 unspecified atom stereocenters. The first-order valence-electron chi connectivity index (χ1n) is 5.94. The Kier molecular flexibility index (Phi) is 4.53. The quantitative estimate of drug-likeness (QED) is 0.761. The van der Waals surface area contributed by atoms with E-state index in [2.05, 4.69) is 0 Å². The molecule has 0 aliphatic carbocycles. The zero-order valence-corrected chi connectivity index (χ0v) is 11.4. The van der Waals surface area contributed by atoms with Crippen LogP contribution in [0.1, 0.15) is 21.5 Å². The molecular weight excluding hydrogens is 305 g/mol. The van der Waals surface area contributed by atoms with Crippen molar-refractivity contribution in [3.05, 3.63) is 64.2 Å². The minimum absolute atomic E-state index is 0.0941. The van der Waals surface area contributed by atoms with Crippen LogP contribution in [0, 0.1) is 0 Å². The van der Waals surface area contributed by atoms with E-state index in [4.69, 9.17) is 16.3 Å². The molecule has 0 saturated carbocycles.